The van der Waals surface area contributed by atoms with Crippen molar-refractivity contribution in [3.8, 4) is 11.5 Å². The zero-order valence-electron chi connectivity index (χ0n) is 12.3. The number of hydrogen-bond donors (Lipinski definition) is 2. The predicted molar refractivity (Wildman–Crippen MR) is 77.3 cm³/mol. The minimum absolute atomic E-state index is 0.411. The molecule has 1 atom stereocenters. The van der Waals surface area contributed by atoms with E-state index in [-0.39, 0.29) is 0 Å². The highest BCUT2D eigenvalue weighted by Crippen LogP contribution is 2.26. The fourth-order valence-electron chi connectivity index (χ4n) is 1.75. The van der Waals surface area contributed by atoms with Crippen molar-refractivity contribution in [1.29, 1.82) is 0 Å². The van der Waals surface area contributed by atoms with E-state index in [1.54, 1.807) is 13.0 Å². The van der Waals surface area contributed by atoms with Gasteiger partial charge in [-0.1, -0.05) is 19.9 Å². The monoisotopic (exact) mass is 281 g/mol. The molecule has 0 bridgehead atoms. The Morgan fingerprint density at radius 1 is 1.40 bits per heavy atom. The molecule has 1 rings (SSSR count). The van der Waals surface area contributed by atoms with Gasteiger partial charge < -0.3 is 19.9 Å². The molecule has 0 fully saturated rings. The summed E-state index contributed by atoms with van der Waals surface area (Å²) >= 11 is 0. The second kappa shape index (κ2) is 8.43. The Labute approximate surface area is 119 Å². The first-order chi connectivity index (χ1) is 9.62. The molecule has 0 aliphatic carbocycles. The molecule has 0 radical (unpaired) electrons. The summed E-state index contributed by atoms with van der Waals surface area (Å²) < 4.78 is 11.2. The van der Waals surface area contributed by atoms with E-state index in [2.05, 4.69) is 5.32 Å². The summed E-state index contributed by atoms with van der Waals surface area (Å²) in [7, 11) is 1.83. The molecule has 0 aliphatic heterocycles. The zero-order chi connectivity index (χ0) is 15.0. The third-order valence-corrected chi connectivity index (χ3v) is 2.79. The maximum absolute atomic E-state index is 11.1. The Balaban J connectivity index is 2.95. The lowest BCUT2D eigenvalue weighted by Gasteiger charge is -2.17. The molecule has 5 heteroatoms. The van der Waals surface area contributed by atoms with Crippen LogP contribution in [0.3, 0.4) is 0 Å². The number of carboxylic acid groups (broad SMARTS) is 1. The van der Waals surface area contributed by atoms with Crippen molar-refractivity contribution in [2.24, 2.45) is 0 Å². The standard InChI is InChI=1S/C15H23NO4/c1-4-8-19-12-7-6-11(10-16-3)14(9-12)20-13(5-2)15(17)18/h6-7,9,13,16H,4-5,8,10H2,1-3H3,(H,17,18). The average Bonchev–Trinajstić information content (AvgIpc) is 2.44. The SMILES string of the molecule is CCCOc1ccc(CNC)c(OC(CC)C(=O)O)c1. The fourth-order valence-corrected chi connectivity index (χ4v) is 1.75. The number of carboxylic acids is 1. The van der Waals surface area contributed by atoms with Gasteiger partial charge in [0, 0.05) is 18.2 Å². The largest absolute Gasteiger partial charge is 0.493 e. The van der Waals surface area contributed by atoms with Crippen LogP contribution in [0.4, 0.5) is 0 Å². The number of carbonyl (C=O) groups is 1. The molecular formula is C15H23NO4. The molecule has 0 amide bonds. The molecule has 20 heavy (non-hydrogen) atoms. The lowest BCUT2D eigenvalue weighted by molar-refractivity contribution is -0.145. The van der Waals surface area contributed by atoms with Crippen molar-refractivity contribution in [3.63, 3.8) is 0 Å². The Morgan fingerprint density at radius 3 is 2.70 bits per heavy atom. The number of hydrogen-bond acceptors (Lipinski definition) is 4. The van der Waals surface area contributed by atoms with Crippen molar-refractivity contribution < 1.29 is 19.4 Å². The van der Waals surface area contributed by atoms with E-state index in [4.69, 9.17) is 14.6 Å². The molecule has 5 nitrogen and oxygen atoms in total. The number of benzene rings is 1. The average molecular weight is 281 g/mol. The highest BCUT2D eigenvalue weighted by molar-refractivity contribution is 5.72. The van der Waals surface area contributed by atoms with Gasteiger partial charge in [0.2, 0.25) is 0 Å². The Kier molecular flexibility index (Phi) is 6.87. The summed E-state index contributed by atoms with van der Waals surface area (Å²) in [4.78, 5) is 11.1. The van der Waals surface area contributed by atoms with Crippen LogP contribution in [0.15, 0.2) is 18.2 Å². The molecule has 2 N–H and O–H groups in total. The van der Waals surface area contributed by atoms with Gasteiger partial charge >= 0.3 is 5.97 Å². The summed E-state index contributed by atoms with van der Waals surface area (Å²) in [5.74, 6) is 0.298. The van der Waals surface area contributed by atoms with E-state index in [0.29, 0.717) is 31.1 Å². The van der Waals surface area contributed by atoms with Crippen LogP contribution in [0.1, 0.15) is 32.3 Å². The topological polar surface area (TPSA) is 67.8 Å². The van der Waals surface area contributed by atoms with E-state index in [1.165, 1.54) is 0 Å². The third kappa shape index (κ3) is 4.74. The van der Waals surface area contributed by atoms with Crippen LogP contribution < -0.4 is 14.8 Å². The van der Waals surface area contributed by atoms with Gasteiger partial charge in [0.1, 0.15) is 11.5 Å². The van der Waals surface area contributed by atoms with Gasteiger partial charge in [-0.25, -0.2) is 4.79 Å². The second-order valence-corrected chi connectivity index (χ2v) is 4.50. The molecule has 1 unspecified atom stereocenters. The van der Waals surface area contributed by atoms with E-state index in [1.807, 2.05) is 26.1 Å². The molecule has 0 heterocycles. The van der Waals surface area contributed by atoms with Gasteiger partial charge in [-0.3, -0.25) is 0 Å². The molecule has 0 spiro atoms. The van der Waals surface area contributed by atoms with Crippen molar-refractivity contribution in [3.05, 3.63) is 23.8 Å². The number of nitrogens with one attached hydrogen (secondary N) is 1. The normalized spacial score (nSPS) is 11.9. The van der Waals surface area contributed by atoms with Crippen LogP contribution in [0, 0.1) is 0 Å². The minimum Gasteiger partial charge on any atom is -0.493 e. The molecule has 0 saturated heterocycles. The van der Waals surface area contributed by atoms with E-state index >= 15 is 0 Å². The highest BCUT2D eigenvalue weighted by atomic mass is 16.5. The fraction of sp³-hybridized carbons (Fsp3) is 0.533. The molecular weight excluding hydrogens is 258 g/mol. The highest BCUT2D eigenvalue weighted by Gasteiger charge is 2.18. The second-order valence-electron chi connectivity index (χ2n) is 4.50. The molecule has 0 saturated carbocycles. The first-order valence-electron chi connectivity index (χ1n) is 6.92. The van der Waals surface area contributed by atoms with Crippen LogP contribution >= 0.6 is 0 Å². The molecule has 0 aliphatic rings. The number of ether oxygens (including phenoxy) is 2. The van der Waals surface area contributed by atoms with Gasteiger partial charge in [0.15, 0.2) is 6.10 Å². The van der Waals surface area contributed by atoms with Crippen LogP contribution in [-0.4, -0.2) is 30.8 Å². The van der Waals surface area contributed by atoms with Gasteiger partial charge in [0.05, 0.1) is 6.61 Å². The van der Waals surface area contributed by atoms with E-state index < -0.39 is 12.1 Å². The van der Waals surface area contributed by atoms with Crippen molar-refractivity contribution in [2.45, 2.75) is 39.3 Å². The van der Waals surface area contributed by atoms with Gasteiger partial charge in [-0.15, -0.1) is 0 Å². The Morgan fingerprint density at radius 2 is 2.15 bits per heavy atom. The van der Waals surface area contributed by atoms with Crippen molar-refractivity contribution in [2.75, 3.05) is 13.7 Å². The summed E-state index contributed by atoms with van der Waals surface area (Å²) in [5.41, 5.74) is 0.913. The van der Waals surface area contributed by atoms with Gasteiger partial charge in [-0.05, 0) is 26.0 Å². The van der Waals surface area contributed by atoms with Crippen LogP contribution in [0.2, 0.25) is 0 Å². The molecule has 112 valence electrons. The Hall–Kier alpha value is -1.75. The van der Waals surface area contributed by atoms with Gasteiger partial charge in [-0.2, -0.15) is 0 Å². The number of rotatable bonds is 9. The maximum atomic E-state index is 11.1. The maximum Gasteiger partial charge on any atom is 0.344 e. The molecule has 1 aromatic carbocycles. The number of aliphatic carboxylic acids is 1. The summed E-state index contributed by atoms with van der Waals surface area (Å²) in [5, 5.41) is 12.1. The lowest BCUT2D eigenvalue weighted by Crippen LogP contribution is -2.26. The Bertz CT molecular complexity index is 434. The van der Waals surface area contributed by atoms with Gasteiger partial charge in [0.25, 0.3) is 0 Å². The first-order valence-corrected chi connectivity index (χ1v) is 6.92. The van der Waals surface area contributed by atoms with Crippen LogP contribution in [0.25, 0.3) is 0 Å². The van der Waals surface area contributed by atoms with Crippen molar-refractivity contribution in [1.82, 2.24) is 5.32 Å². The summed E-state index contributed by atoms with van der Waals surface area (Å²) in [6.07, 6.45) is 0.488. The van der Waals surface area contributed by atoms with E-state index in [9.17, 15) is 4.79 Å². The first kappa shape index (κ1) is 16.3. The summed E-state index contributed by atoms with van der Waals surface area (Å²) in [6, 6.07) is 5.52. The zero-order valence-corrected chi connectivity index (χ0v) is 12.3. The van der Waals surface area contributed by atoms with Crippen LogP contribution in [-0.2, 0) is 11.3 Å². The lowest BCUT2D eigenvalue weighted by atomic mass is 10.1. The minimum atomic E-state index is -0.956. The quantitative estimate of drug-likeness (QED) is 0.727. The van der Waals surface area contributed by atoms with Crippen molar-refractivity contribution >= 4 is 5.97 Å². The van der Waals surface area contributed by atoms with Crippen LogP contribution in [0.5, 0.6) is 11.5 Å². The molecule has 0 aromatic heterocycles. The predicted octanol–water partition coefficient (Wildman–Crippen LogP) is 2.44. The summed E-state index contributed by atoms with van der Waals surface area (Å²) in [6.45, 7) is 5.05. The molecule has 1 aromatic rings. The smallest absolute Gasteiger partial charge is 0.344 e. The van der Waals surface area contributed by atoms with E-state index in [0.717, 1.165) is 12.0 Å². The third-order valence-electron chi connectivity index (χ3n) is 2.79.